The second-order valence-corrected chi connectivity index (χ2v) is 8.53. The molecule has 2 nitrogen and oxygen atoms in total. The Morgan fingerprint density at radius 1 is 0.815 bits per heavy atom. The predicted octanol–water partition coefficient (Wildman–Crippen LogP) is 6.05. The molecule has 3 rings (SSSR count). The summed E-state index contributed by atoms with van der Waals surface area (Å²) < 4.78 is 7.66. The van der Waals surface area contributed by atoms with Crippen LogP contribution in [0.1, 0.15) is 55.7 Å². The van der Waals surface area contributed by atoms with Gasteiger partial charge in [-0.2, -0.15) is 0 Å². The maximum Gasteiger partial charge on any atom is 0.145 e. The van der Waals surface area contributed by atoms with E-state index in [1.54, 1.807) is 0 Å². The lowest BCUT2D eigenvalue weighted by Gasteiger charge is -2.42. The van der Waals surface area contributed by atoms with E-state index in [1.165, 1.54) is 61.9 Å². The van der Waals surface area contributed by atoms with E-state index in [4.69, 9.17) is 4.74 Å². The number of hydrogen-bond donors (Lipinski definition) is 0. The number of aryl methyl sites for hydroxylation is 2. The first-order valence-corrected chi connectivity index (χ1v) is 10.7. The van der Waals surface area contributed by atoms with Crippen molar-refractivity contribution < 1.29 is 9.22 Å². The van der Waals surface area contributed by atoms with E-state index >= 15 is 0 Å². The first-order valence-electron chi connectivity index (χ1n) is 10.7. The van der Waals surface area contributed by atoms with Crippen molar-refractivity contribution in [3.63, 3.8) is 0 Å². The van der Waals surface area contributed by atoms with Crippen LogP contribution in [0.3, 0.4) is 0 Å². The molecule has 1 atom stereocenters. The van der Waals surface area contributed by atoms with E-state index < -0.39 is 0 Å². The Morgan fingerprint density at radius 2 is 1.41 bits per heavy atom. The van der Waals surface area contributed by atoms with Gasteiger partial charge in [-0.05, 0) is 57.6 Å². The second kappa shape index (κ2) is 9.41. The Morgan fingerprint density at radius 3 is 2.04 bits per heavy atom. The summed E-state index contributed by atoms with van der Waals surface area (Å²) in [5.41, 5.74) is 3.94. The molecule has 0 spiro atoms. The fourth-order valence-corrected chi connectivity index (χ4v) is 4.68. The van der Waals surface area contributed by atoms with Gasteiger partial charge < -0.3 is 9.22 Å². The van der Waals surface area contributed by atoms with Crippen LogP contribution in [0, 0.1) is 13.8 Å². The number of rotatable bonds is 6. The SMILES string of the molecule is Cc1cccc(C)c1OC(C)C[N+]1(Cc2ccccc2)CCCCCCC1. The van der Waals surface area contributed by atoms with E-state index in [0.717, 1.165) is 23.3 Å². The maximum absolute atomic E-state index is 6.50. The molecule has 0 amide bonds. The monoisotopic (exact) mass is 366 g/mol. The van der Waals surface area contributed by atoms with E-state index in [-0.39, 0.29) is 6.10 Å². The Hall–Kier alpha value is -1.80. The van der Waals surface area contributed by atoms with Crippen molar-refractivity contribution in [3.05, 3.63) is 65.2 Å². The number of ether oxygens (including phenoxy) is 1. The van der Waals surface area contributed by atoms with Crippen molar-refractivity contribution >= 4 is 0 Å². The largest absolute Gasteiger partial charge is 0.484 e. The smallest absolute Gasteiger partial charge is 0.145 e. The molecule has 0 aliphatic carbocycles. The summed E-state index contributed by atoms with van der Waals surface area (Å²) >= 11 is 0. The Kier molecular flexibility index (Phi) is 6.95. The zero-order chi connectivity index (χ0) is 19.1. The van der Waals surface area contributed by atoms with Gasteiger partial charge in [0.15, 0.2) is 0 Å². The van der Waals surface area contributed by atoms with Crippen molar-refractivity contribution in [1.29, 1.82) is 0 Å². The molecular weight excluding hydrogens is 330 g/mol. The quantitative estimate of drug-likeness (QED) is 0.565. The predicted molar refractivity (Wildman–Crippen MR) is 114 cm³/mol. The normalized spacial score (nSPS) is 18.3. The molecule has 27 heavy (non-hydrogen) atoms. The van der Waals surface area contributed by atoms with Gasteiger partial charge in [-0.1, -0.05) is 55.0 Å². The van der Waals surface area contributed by atoms with Crippen molar-refractivity contribution in [3.8, 4) is 5.75 Å². The van der Waals surface area contributed by atoms with Crippen LogP contribution in [0.4, 0.5) is 0 Å². The summed E-state index contributed by atoms with van der Waals surface area (Å²) in [6.45, 7) is 11.3. The van der Waals surface area contributed by atoms with Crippen LogP contribution in [0.2, 0.25) is 0 Å². The van der Waals surface area contributed by atoms with Gasteiger partial charge in [-0.3, -0.25) is 0 Å². The highest BCUT2D eigenvalue weighted by Gasteiger charge is 2.31. The van der Waals surface area contributed by atoms with E-state index in [2.05, 4.69) is 69.3 Å². The summed E-state index contributed by atoms with van der Waals surface area (Å²) in [4.78, 5) is 0. The topological polar surface area (TPSA) is 9.23 Å². The van der Waals surface area contributed by atoms with E-state index in [1.807, 2.05) is 0 Å². The minimum absolute atomic E-state index is 0.216. The van der Waals surface area contributed by atoms with Gasteiger partial charge in [0, 0.05) is 5.56 Å². The average molecular weight is 367 g/mol. The minimum atomic E-state index is 0.216. The summed E-state index contributed by atoms with van der Waals surface area (Å²) in [6.07, 6.45) is 7.04. The number of quaternary nitrogens is 1. The average Bonchev–Trinajstić information content (AvgIpc) is 2.63. The van der Waals surface area contributed by atoms with Crippen molar-refractivity contribution in [2.45, 2.75) is 65.5 Å². The first kappa shape index (κ1) is 19.9. The van der Waals surface area contributed by atoms with Crippen LogP contribution in [-0.4, -0.2) is 30.2 Å². The zero-order valence-corrected chi connectivity index (χ0v) is 17.4. The molecule has 1 heterocycles. The summed E-state index contributed by atoms with van der Waals surface area (Å²) in [6, 6.07) is 17.5. The van der Waals surface area contributed by atoms with Crippen LogP contribution < -0.4 is 4.74 Å². The number of nitrogens with zero attached hydrogens (tertiary/aromatic N) is 1. The first-order chi connectivity index (χ1) is 13.1. The molecule has 0 radical (unpaired) electrons. The third kappa shape index (κ3) is 5.59. The van der Waals surface area contributed by atoms with Gasteiger partial charge in [0.25, 0.3) is 0 Å². The molecule has 2 aromatic rings. The molecule has 1 unspecified atom stereocenters. The van der Waals surface area contributed by atoms with Crippen molar-refractivity contribution in [2.24, 2.45) is 0 Å². The molecule has 0 bridgehead atoms. The Labute approximate surface area is 165 Å². The highest BCUT2D eigenvalue weighted by atomic mass is 16.5. The summed E-state index contributed by atoms with van der Waals surface area (Å²) in [5, 5.41) is 0. The number of hydrogen-bond acceptors (Lipinski definition) is 1. The van der Waals surface area contributed by atoms with Crippen molar-refractivity contribution in [1.82, 2.24) is 0 Å². The molecule has 1 aliphatic heterocycles. The lowest BCUT2D eigenvalue weighted by molar-refractivity contribution is -0.944. The third-order valence-electron chi connectivity index (χ3n) is 6.00. The number of para-hydroxylation sites is 1. The van der Waals surface area contributed by atoms with Gasteiger partial charge in [-0.25, -0.2) is 0 Å². The fourth-order valence-electron chi connectivity index (χ4n) is 4.68. The molecule has 0 saturated carbocycles. The minimum Gasteiger partial charge on any atom is -0.484 e. The molecule has 2 heteroatoms. The van der Waals surface area contributed by atoms with Gasteiger partial charge in [-0.15, -0.1) is 0 Å². The molecule has 0 N–H and O–H groups in total. The molecule has 146 valence electrons. The number of likely N-dealkylation sites (tertiary alicyclic amines) is 1. The van der Waals surface area contributed by atoms with Crippen LogP contribution in [0.15, 0.2) is 48.5 Å². The van der Waals surface area contributed by atoms with E-state index in [9.17, 15) is 0 Å². The summed E-state index contributed by atoms with van der Waals surface area (Å²) in [7, 11) is 0. The van der Waals surface area contributed by atoms with Crippen LogP contribution in [0.25, 0.3) is 0 Å². The molecule has 1 aliphatic rings. The van der Waals surface area contributed by atoms with Gasteiger partial charge in [0.2, 0.25) is 0 Å². The van der Waals surface area contributed by atoms with Gasteiger partial charge >= 0.3 is 0 Å². The number of benzene rings is 2. The maximum atomic E-state index is 6.50. The van der Waals surface area contributed by atoms with Gasteiger partial charge in [0.1, 0.15) is 24.9 Å². The zero-order valence-electron chi connectivity index (χ0n) is 17.4. The second-order valence-electron chi connectivity index (χ2n) is 8.53. The molecule has 1 saturated heterocycles. The Bertz CT molecular complexity index is 681. The molecule has 0 aromatic heterocycles. The summed E-state index contributed by atoms with van der Waals surface area (Å²) in [5.74, 6) is 1.08. The molecule has 1 fully saturated rings. The van der Waals surface area contributed by atoms with Crippen LogP contribution in [0.5, 0.6) is 5.75 Å². The highest BCUT2D eigenvalue weighted by molar-refractivity contribution is 5.39. The van der Waals surface area contributed by atoms with E-state index in [0.29, 0.717) is 0 Å². The fraction of sp³-hybridized carbons (Fsp3) is 0.520. The van der Waals surface area contributed by atoms with Crippen LogP contribution >= 0.6 is 0 Å². The van der Waals surface area contributed by atoms with Crippen LogP contribution in [-0.2, 0) is 6.54 Å². The third-order valence-corrected chi connectivity index (χ3v) is 6.00. The highest BCUT2D eigenvalue weighted by Crippen LogP contribution is 2.27. The Balaban J connectivity index is 1.77. The van der Waals surface area contributed by atoms with Crippen molar-refractivity contribution in [2.75, 3.05) is 19.6 Å². The molecule has 2 aromatic carbocycles. The lowest BCUT2D eigenvalue weighted by Crippen LogP contribution is -2.53. The molecular formula is C25H36NO+. The standard InChI is InChI=1S/C25H36NO/c1-21-13-12-14-22(2)25(21)27-23(3)19-26(17-10-5-4-6-11-18-26)20-24-15-8-7-9-16-24/h7-9,12-16,23H,4-6,10-11,17-20H2,1-3H3/q+1. The lowest BCUT2D eigenvalue weighted by atomic mass is 10.0. The van der Waals surface area contributed by atoms with Gasteiger partial charge in [0.05, 0.1) is 13.1 Å².